The third-order valence-electron chi connectivity index (χ3n) is 2.87. The zero-order valence-corrected chi connectivity index (χ0v) is 12.1. The first-order valence-corrected chi connectivity index (χ1v) is 7.52. The maximum atomic E-state index is 12.1. The topological polar surface area (TPSA) is 25.2 Å². The van der Waals surface area contributed by atoms with Gasteiger partial charge in [-0.25, -0.2) is 0 Å². The van der Waals surface area contributed by atoms with Gasteiger partial charge in [0.15, 0.2) is 0 Å². The van der Waals surface area contributed by atoms with E-state index in [2.05, 4.69) is 24.4 Å². The molecule has 2 aromatic rings. The van der Waals surface area contributed by atoms with Crippen LogP contribution in [0.5, 0.6) is 0 Å². The van der Waals surface area contributed by atoms with Gasteiger partial charge in [-0.3, -0.25) is 0 Å². The van der Waals surface area contributed by atoms with Crippen molar-refractivity contribution < 1.29 is 13.2 Å². The predicted molar refractivity (Wildman–Crippen MR) is 79.2 cm³/mol. The number of furan rings is 1. The number of rotatable bonds is 7. The van der Waals surface area contributed by atoms with Crippen molar-refractivity contribution in [3.8, 4) is 0 Å². The van der Waals surface area contributed by atoms with Crippen LogP contribution >= 0.6 is 11.8 Å². The molecule has 1 N–H and O–H groups in total. The lowest BCUT2D eigenvalue weighted by Crippen LogP contribution is -1.98. The highest BCUT2D eigenvalue weighted by Gasteiger charge is 2.07. The molecule has 1 heterocycles. The van der Waals surface area contributed by atoms with Crippen LogP contribution in [-0.2, 0) is 18.7 Å². The van der Waals surface area contributed by atoms with E-state index in [1.165, 1.54) is 5.56 Å². The minimum absolute atomic E-state index is 0.197. The van der Waals surface area contributed by atoms with Gasteiger partial charge in [0, 0.05) is 5.69 Å². The van der Waals surface area contributed by atoms with Gasteiger partial charge in [-0.05, 0) is 36.2 Å². The molecule has 0 bridgehead atoms. The molecule has 5 heteroatoms. The fourth-order valence-electron chi connectivity index (χ4n) is 1.83. The van der Waals surface area contributed by atoms with Crippen LogP contribution in [0.2, 0.25) is 0 Å². The SMILES string of the molecule is CCc1cccc(NCc2ccc(CSC(F)F)o2)c1. The molecule has 0 aliphatic carbocycles. The molecule has 0 atom stereocenters. The van der Waals surface area contributed by atoms with Crippen molar-refractivity contribution in [1.82, 2.24) is 0 Å². The second-order valence-corrected chi connectivity index (χ2v) is 5.33. The molecule has 0 aliphatic heterocycles. The molecule has 0 radical (unpaired) electrons. The lowest BCUT2D eigenvalue weighted by atomic mass is 10.1. The average molecular weight is 297 g/mol. The zero-order chi connectivity index (χ0) is 14.4. The Balaban J connectivity index is 1.87. The molecule has 2 rings (SSSR count). The molecule has 0 saturated heterocycles. The summed E-state index contributed by atoms with van der Waals surface area (Å²) in [5.74, 6) is -0.840. The molecule has 0 unspecified atom stereocenters. The van der Waals surface area contributed by atoms with Gasteiger partial charge in [0.1, 0.15) is 11.5 Å². The standard InChI is InChI=1S/C15H17F2NOS/c1-2-11-4-3-5-12(8-11)18-9-13-6-7-14(19-13)10-20-15(16)17/h3-8,15,18H,2,9-10H2,1H3. The summed E-state index contributed by atoms with van der Waals surface area (Å²) in [4.78, 5) is 0. The fraction of sp³-hybridized carbons (Fsp3) is 0.333. The summed E-state index contributed by atoms with van der Waals surface area (Å²) in [5, 5.41) is 3.27. The van der Waals surface area contributed by atoms with Crippen LogP contribution in [0.1, 0.15) is 24.0 Å². The molecule has 0 amide bonds. The first-order chi connectivity index (χ1) is 9.67. The Labute approximate surface area is 121 Å². The number of aryl methyl sites for hydroxylation is 1. The monoisotopic (exact) mass is 297 g/mol. The van der Waals surface area contributed by atoms with Crippen LogP contribution in [0.3, 0.4) is 0 Å². The van der Waals surface area contributed by atoms with Gasteiger partial charge in [-0.2, -0.15) is 8.78 Å². The molecule has 2 nitrogen and oxygen atoms in total. The predicted octanol–water partition coefficient (Wildman–Crippen LogP) is 4.91. The van der Waals surface area contributed by atoms with E-state index in [0.29, 0.717) is 24.1 Å². The quantitative estimate of drug-likeness (QED) is 0.786. The highest BCUT2D eigenvalue weighted by molar-refractivity contribution is 7.98. The third-order valence-corrected chi connectivity index (χ3v) is 3.57. The fourth-order valence-corrected chi connectivity index (χ4v) is 2.28. The van der Waals surface area contributed by atoms with Crippen molar-refractivity contribution in [2.45, 2.75) is 31.4 Å². The second-order valence-electron chi connectivity index (χ2n) is 4.35. The summed E-state index contributed by atoms with van der Waals surface area (Å²) in [6, 6.07) is 11.7. The minimum Gasteiger partial charge on any atom is -0.463 e. The molecule has 0 aliphatic rings. The van der Waals surface area contributed by atoms with Crippen molar-refractivity contribution >= 4 is 17.4 Å². The number of benzene rings is 1. The zero-order valence-electron chi connectivity index (χ0n) is 11.2. The van der Waals surface area contributed by atoms with Crippen molar-refractivity contribution in [3.63, 3.8) is 0 Å². The van der Waals surface area contributed by atoms with Crippen LogP contribution in [0.25, 0.3) is 0 Å². The Morgan fingerprint density at radius 2 is 2.00 bits per heavy atom. The van der Waals surface area contributed by atoms with Gasteiger partial charge >= 0.3 is 0 Å². The molecular formula is C15H17F2NOS. The summed E-state index contributed by atoms with van der Waals surface area (Å²) in [6.07, 6.45) is 0.991. The Morgan fingerprint density at radius 1 is 1.20 bits per heavy atom. The van der Waals surface area contributed by atoms with Crippen molar-refractivity contribution in [1.29, 1.82) is 0 Å². The van der Waals surface area contributed by atoms with Gasteiger partial charge < -0.3 is 9.73 Å². The number of hydrogen-bond acceptors (Lipinski definition) is 3. The number of halogens is 2. The number of nitrogens with one attached hydrogen (secondary N) is 1. The van der Waals surface area contributed by atoms with E-state index in [1.807, 2.05) is 18.2 Å². The molecule has 0 saturated carbocycles. The normalized spacial score (nSPS) is 11.0. The number of hydrogen-bond donors (Lipinski definition) is 1. The molecule has 0 fully saturated rings. The van der Waals surface area contributed by atoms with Gasteiger partial charge in [0.05, 0.1) is 12.3 Å². The highest BCUT2D eigenvalue weighted by Crippen LogP contribution is 2.21. The highest BCUT2D eigenvalue weighted by atomic mass is 32.2. The summed E-state index contributed by atoms with van der Waals surface area (Å²) in [5.41, 5.74) is 2.30. The minimum atomic E-state index is -2.36. The summed E-state index contributed by atoms with van der Waals surface area (Å²) in [7, 11) is 0. The average Bonchev–Trinajstić information content (AvgIpc) is 2.91. The molecule has 1 aromatic heterocycles. The number of thioether (sulfide) groups is 1. The van der Waals surface area contributed by atoms with Crippen LogP contribution in [-0.4, -0.2) is 5.76 Å². The maximum Gasteiger partial charge on any atom is 0.284 e. The molecular weight excluding hydrogens is 280 g/mol. The lowest BCUT2D eigenvalue weighted by molar-refractivity contribution is 0.251. The molecule has 20 heavy (non-hydrogen) atoms. The van der Waals surface area contributed by atoms with Gasteiger partial charge in [-0.15, -0.1) is 0 Å². The summed E-state index contributed by atoms with van der Waals surface area (Å²) >= 11 is 0.570. The van der Waals surface area contributed by atoms with E-state index in [0.717, 1.165) is 17.9 Å². The first kappa shape index (κ1) is 14.9. The Hall–Kier alpha value is -1.49. The van der Waals surface area contributed by atoms with Crippen molar-refractivity contribution in [3.05, 3.63) is 53.5 Å². The first-order valence-electron chi connectivity index (χ1n) is 6.47. The van der Waals surface area contributed by atoms with Gasteiger partial charge in [0.2, 0.25) is 0 Å². The Kier molecular flexibility index (Phi) is 5.47. The molecule has 0 spiro atoms. The van der Waals surface area contributed by atoms with Gasteiger partial charge in [-0.1, -0.05) is 30.8 Å². The van der Waals surface area contributed by atoms with Crippen LogP contribution in [0, 0.1) is 0 Å². The smallest absolute Gasteiger partial charge is 0.284 e. The number of alkyl halides is 2. The van der Waals surface area contributed by atoms with Crippen molar-refractivity contribution in [2.75, 3.05) is 5.32 Å². The molecule has 108 valence electrons. The van der Waals surface area contributed by atoms with E-state index >= 15 is 0 Å². The van der Waals surface area contributed by atoms with Crippen LogP contribution in [0.4, 0.5) is 14.5 Å². The second kappa shape index (κ2) is 7.33. The largest absolute Gasteiger partial charge is 0.463 e. The van der Waals surface area contributed by atoms with E-state index in [-0.39, 0.29) is 5.75 Å². The molecule has 1 aromatic carbocycles. The van der Waals surface area contributed by atoms with E-state index in [1.54, 1.807) is 6.07 Å². The lowest BCUT2D eigenvalue weighted by Gasteiger charge is -2.06. The maximum absolute atomic E-state index is 12.1. The van der Waals surface area contributed by atoms with E-state index in [9.17, 15) is 8.78 Å². The van der Waals surface area contributed by atoms with Crippen LogP contribution in [0.15, 0.2) is 40.8 Å². The number of anilines is 1. The Morgan fingerprint density at radius 3 is 2.75 bits per heavy atom. The van der Waals surface area contributed by atoms with Crippen molar-refractivity contribution in [2.24, 2.45) is 0 Å². The van der Waals surface area contributed by atoms with Crippen LogP contribution < -0.4 is 5.32 Å². The summed E-state index contributed by atoms with van der Waals surface area (Å²) in [6.45, 7) is 2.66. The van der Waals surface area contributed by atoms with E-state index < -0.39 is 5.76 Å². The summed E-state index contributed by atoms with van der Waals surface area (Å²) < 4.78 is 29.6. The third kappa shape index (κ3) is 4.56. The van der Waals surface area contributed by atoms with Gasteiger partial charge in [0.25, 0.3) is 5.76 Å². The Bertz CT molecular complexity index is 542. The van der Waals surface area contributed by atoms with E-state index in [4.69, 9.17) is 4.42 Å².